The van der Waals surface area contributed by atoms with Crippen molar-refractivity contribution >= 4 is 0 Å². The van der Waals surface area contributed by atoms with Gasteiger partial charge in [-0.05, 0) is 12.6 Å². The molecule has 0 amide bonds. The van der Waals surface area contributed by atoms with Crippen molar-refractivity contribution in [2.75, 3.05) is 27.8 Å². The second kappa shape index (κ2) is 4.34. The molecule has 0 bridgehead atoms. The number of hydrogen-bond acceptors (Lipinski definition) is 1. The molecule has 0 rings (SSSR count). The van der Waals surface area contributed by atoms with Gasteiger partial charge in [-0.25, -0.2) is 0 Å². The molecule has 0 aromatic heterocycles. The van der Waals surface area contributed by atoms with Crippen molar-refractivity contribution in [3.05, 3.63) is 12.3 Å². The number of quaternary nitrogens is 1. The average molecular weight is 143 g/mol. The minimum absolute atomic E-state index is 0.952. The minimum atomic E-state index is 0.952. The Morgan fingerprint density at radius 1 is 1.30 bits per heavy atom. The van der Waals surface area contributed by atoms with Gasteiger partial charge in [-0.3, -0.25) is 0 Å². The molecule has 0 aliphatic rings. The van der Waals surface area contributed by atoms with Crippen molar-refractivity contribution in [2.24, 2.45) is 0 Å². The lowest BCUT2D eigenvalue weighted by molar-refractivity contribution is -0.872. The van der Waals surface area contributed by atoms with Gasteiger partial charge in [-0.15, -0.1) is 0 Å². The van der Waals surface area contributed by atoms with Crippen molar-refractivity contribution in [1.82, 2.24) is 5.32 Å². The van der Waals surface area contributed by atoms with Crippen LogP contribution in [0.3, 0.4) is 0 Å². The quantitative estimate of drug-likeness (QED) is 0.460. The Morgan fingerprint density at radius 3 is 2.30 bits per heavy atom. The van der Waals surface area contributed by atoms with Crippen molar-refractivity contribution in [3.63, 3.8) is 0 Å². The summed E-state index contributed by atoms with van der Waals surface area (Å²) in [5, 5.41) is 3.22. The molecule has 0 atom stereocenters. The van der Waals surface area contributed by atoms with Crippen LogP contribution in [-0.4, -0.2) is 32.3 Å². The molecule has 60 valence electrons. The van der Waals surface area contributed by atoms with E-state index >= 15 is 0 Å². The van der Waals surface area contributed by atoms with E-state index in [9.17, 15) is 0 Å². The van der Waals surface area contributed by atoms with Gasteiger partial charge in [0.05, 0.1) is 21.1 Å². The van der Waals surface area contributed by atoms with Crippen LogP contribution < -0.4 is 5.32 Å². The van der Waals surface area contributed by atoms with E-state index in [1.165, 1.54) is 0 Å². The van der Waals surface area contributed by atoms with E-state index in [4.69, 9.17) is 0 Å². The van der Waals surface area contributed by atoms with Crippen molar-refractivity contribution < 1.29 is 4.48 Å². The van der Waals surface area contributed by atoms with E-state index in [0.717, 1.165) is 17.6 Å². The first-order valence-electron chi connectivity index (χ1n) is 3.75. The van der Waals surface area contributed by atoms with Gasteiger partial charge < -0.3 is 9.80 Å². The van der Waals surface area contributed by atoms with Crippen molar-refractivity contribution in [1.29, 1.82) is 0 Å². The van der Waals surface area contributed by atoms with Gasteiger partial charge in [0, 0.05) is 0 Å². The van der Waals surface area contributed by atoms with Crippen LogP contribution in [0.4, 0.5) is 0 Å². The summed E-state index contributed by atoms with van der Waals surface area (Å²) in [7, 11) is 6.48. The summed E-state index contributed by atoms with van der Waals surface area (Å²) < 4.78 is 0.952. The Balaban J connectivity index is 3.28. The van der Waals surface area contributed by atoms with Gasteiger partial charge in [0.2, 0.25) is 0 Å². The van der Waals surface area contributed by atoms with Crippen LogP contribution in [0, 0.1) is 0 Å². The number of hydrogen-bond donors (Lipinski definition) is 1. The summed E-state index contributed by atoms with van der Waals surface area (Å²) >= 11 is 0. The van der Waals surface area contributed by atoms with Crippen LogP contribution in [-0.2, 0) is 0 Å². The molecule has 0 saturated heterocycles. The maximum absolute atomic E-state index is 3.22. The van der Waals surface area contributed by atoms with Gasteiger partial charge in [0.1, 0.15) is 0 Å². The monoisotopic (exact) mass is 143 g/mol. The fraction of sp³-hybridized carbons (Fsp3) is 0.750. The topological polar surface area (TPSA) is 12.0 Å². The second-order valence-electron chi connectivity index (χ2n) is 3.46. The number of rotatable bonds is 4. The molecule has 0 aliphatic heterocycles. The molecule has 10 heavy (non-hydrogen) atoms. The highest BCUT2D eigenvalue weighted by Gasteiger charge is 2.01. The molecular formula is C8H19N2+. The van der Waals surface area contributed by atoms with Crippen LogP contribution in [0.25, 0.3) is 0 Å². The van der Waals surface area contributed by atoms with E-state index in [0.29, 0.717) is 0 Å². The summed E-state index contributed by atoms with van der Waals surface area (Å²) in [6.07, 6.45) is 5.24. The second-order valence-corrected chi connectivity index (χ2v) is 3.46. The number of nitrogens with zero attached hydrogens (tertiary/aromatic N) is 1. The highest BCUT2D eigenvalue weighted by Crippen LogP contribution is 1.84. The summed E-state index contributed by atoms with van der Waals surface area (Å²) in [4.78, 5) is 0. The van der Waals surface area contributed by atoms with E-state index in [-0.39, 0.29) is 0 Å². The first-order chi connectivity index (χ1) is 4.56. The molecule has 2 nitrogen and oxygen atoms in total. The zero-order chi connectivity index (χ0) is 8.04. The fourth-order valence-electron chi connectivity index (χ4n) is 0.528. The zero-order valence-electron chi connectivity index (χ0n) is 7.52. The number of allylic oxidation sites excluding steroid dienone is 1. The number of nitrogens with one attached hydrogen (secondary N) is 1. The standard InChI is InChI=1S/C8H19N2/c1-5-6-7-9-8-10(2,3)4/h6-7,9H,5,8H2,1-4H3/q+1. The largest absolute Gasteiger partial charge is 0.346 e. The third-order valence-electron chi connectivity index (χ3n) is 1.04. The van der Waals surface area contributed by atoms with E-state index in [2.05, 4.69) is 39.5 Å². The molecule has 0 saturated carbocycles. The fourth-order valence-corrected chi connectivity index (χ4v) is 0.528. The lowest BCUT2D eigenvalue weighted by Gasteiger charge is -2.23. The molecule has 0 aromatic rings. The third-order valence-corrected chi connectivity index (χ3v) is 1.04. The smallest absolute Gasteiger partial charge is 0.150 e. The molecule has 0 unspecified atom stereocenters. The average Bonchev–Trinajstić information content (AvgIpc) is 1.78. The molecule has 0 spiro atoms. The third kappa shape index (κ3) is 7.50. The highest BCUT2D eigenvalue weighted by molar-refractivity contribution is 4.75. The van der Waals surface area contributed by atoms with Crippen LogP contribution >= 0.6 is 0 Å². The molecule has 0 aliphatic carbocycles. The maximum atomic E-state index is 3.22. The Hall–Kier alpha value is -0.500. The molecule has 1 N–H and O–H groups in total. The normalized spacial score (nSPS) is 12.4. The Bertz CT molecular complexity index is 100. The van der Waals surface area contributed by atoms with E-state index < -0.39 is 0 Å². The molecule has 0 heterocycles. The minimum Gasteiger partial charge on any atom is -0.346 e. The van der Waals surface area contributed by atoms with E-state index in [1.54, 1.807) is 0 Å². The van der Waals surface area contributed by atoms with Gasteiger partial charge in [0.15, 0.2) is 6.67 Å². The molecule has 0 radical (unpaired) electrons. The van der Waals surface area contributed by atoms with E-state index in [1.807, 2.05) is 6.20 Å². The predicted molar refractivity (Wildman–Crippen MR) is 45.5 cm³/mol. The van der Waals surface area contributed by atoms with Gasteiger partial charge in [-0.2, -0.15) is 0 Å². The molecule has 0 aromatic carbocycles. The van der Waals surface area contributed by atoms with Gasteiger partial charge in [-0.1, -0.05) is 13.0 Å². The Morgan fingerprint density at radius 2 is 1.90 bits per heavy atom. The summed E-state index contributed by atoms with van der Waals surface area (Å²) in [5.74, 6) is 0. The maximum Gasteiger partial charge on any atom is 0.150 e. The lowest BCUT2D eigenvalue weighted by Crippen LogP contribution is -2.41. The molecule has 2 heteroatoms. The summed E-state index contributed by atoms with van der Waals surface area (Å²) in [6, 6.07) is 0. The van der Waals surface area contributed by atoms with Crippen molar-refractivity contribution in [2.45, 2.75) is 13.3 Å². The highest BCUT2D eigenvalue weighted by atomic mass is 15.3. The first kappa shape index (κ1) is 9.50. The van der Waals surface area contributed by atoms with Gasteiger partial charge >= 0.3 is 0 Å². The molecule has 0 fully saturated rings. The molecular weight excluding hydrogens is 124 g/mol. The first-order valence-corrected chi connectivity index (χ1v) is 3.75. The SMILES string of the molecule is CCC=CNC[N+](C)(C)C. The lowest BCUT2D eigenvalue weighted by atomic mass is 10.5. The van der Waals surface area contributed by atoms with Crippen LogP contribution in [0.15, 0.2) is 12.3 Å². The van der Waals surface area contributed by atoms with Crippen molar-refractivity contribution in [3.8, 4) is 0 Å². The van der Waals surface area contributed by atoms with Crippen LogP contribution in [0.2, 0.25) is 0 Å². The van der Waals surface area contributed by atoms with Gasteiger partial charge in [0.25, 0.3) is 0 Å². The summed E-state index contributed by atoms with van der Waals surface area (Å²) in [5.41, 5.74) is 0. The summed E-state index contributed by atoms with van der Waals surface area (Å²) in [6.45, 7) is 3.11. The Kier molecular flexibility index (Phi) is 4.12. The van der Waals surface area contributed by atoms with Crippen LogP contribution in [0.1, 0.15) is 13.3 Å². The zero-order valence-corrected chi connectivity index (χ0v) is 7.52. The predicted octanol–water partition coefficient (Wildman–Crippen LogP) is 1.16. The van der Waals surface area contributed by atoms with Crippen LogP contribution in [0.5, 0.6) is 0 Å². The Labute approximate surface area is 64.1 Å².